The van der Waals surface area contributed by atoms with Crippen molar-refractivity contribution in [3.05, 3.63) is 35.9 Å². The molecule has 2 rings (SSSR count). The number of aliphatic hydroxyl groups excluding tert-OH is 1. The Balaban J connectivity index is 1.59. The standard InChI is InChI=1S/C18H28N2O3/c1-20(18(22)8-7-15-9-10-19-11-15)12-17(21)14-23-13-16-5-3-2-4-6-16/h2-6,15,17,19,21H,7-14H2,1H3. The number of ether oxygens (including phenoxy) is 1. The molecule has 5 nitrogen and oxygen atoms in total. The zero-order valence-electron chi connectivity index (χ0n) is 13.9. The van der Waals surface area contributed by atoms with Crippen LogP contribution in [0.3, 0.4) is 0 Å². The molecule has 2 N–H and O–H groups in total. The Bertz CT molecular complexity index is 461. The fourth-order valence-electron chi connectivity index (χ4n) is 2.84. The van der Waals surface area contributed by atoms with Crippen LogP contribution >= 0.6 is 0 Å². The van der Waals surface area contributed by atoms with Gasteiger partial charge in [-0.25, -0.2) is 0 Å². The molecule has 1 saturated heterocycles. The lowest BCUT2D eigenvalue weighted by Crippen LogP contribution is -2.36. The Morgan fingerprint density at radius 3 is 2.91 bits per heavy atom. The predicted molar refractivity (Wildman–Crippen MR) is 90.0 cm³/mol. The summed E-state index contributed by atoms with van der Waals surface area (Å²) in [6.07, 6.45) is 1.99. The second kappa shape index (κ2) is 9.65. The van der Waals surface area contributed by atoms with Gasteiger partial charge in [-0.2, -0.15) is 0 Å². The molecule has 0 bridgehead atoms. The maximum absolute atomic E-state index is 12.1. The number of carbonyl (C=O) groups excluding carboxylic acids is 1. The summed E-state index contributed by atoms with van der Waals surface area (Å²) in [5, 5.41) is 13.3. The van der Waals surface area contributed by atoms with Crippen molar-refractivity contribution in [3.63, 3.8) is 0 Å². The van der Waals surface area contributed by atoms with Crippen LogP contribution in [0.1, 0.15) is 24.8 Å². The number of amides is 1. The SMILES string of the molecule is CN(CC(O)COCc1ccccc1)C(=O)CCC1CCNC1. The molecule has 1 aliphatic heterocycles. The Morgan fingerprint density at radius 2 is 2.22 bits per heavy atom. The third kappa shape index (κ3) is 6.69. The minimum Gasteiger partial charge on any atom is -0.389 e. The van der Waals surface area contributed by atoms with Gasteiger partial charge >= 0.3 is 0 Å². The molecule has 0 aromatic heterocycles. The molecule has 23 heavy (non-hydrogen) atoms. The largest absolute Gasteiger partial charge is 0.389 e. The normalized spacial score (nSPS) is 18.8. The monoisotopic (exact) mass is 320 g/mol. The lowest BCUT2D eigenvalue weighted by molar-refractivity contribution is -0.132. The van der Waals surface area contributed by atoms with Gasteiger partial charge in [0, 0.05) is 20.0 Å². The van der Waals surface area contributed by atoms with Gasteiger partial charge in [0.25, 0.3) is 0 Å². The zero-order valence-corrected chi connectivity index (χ0v) is 13.9. The van der Waals surface area contributed by atoms with E-state index in [1.54, 1.807) is 11.9 Å². The molecule has 5 heteroatoms. The molecule has 1 aromatic rings. The molecular weight excluding hydrogens is 292 g/mol. The van der Waals surface area contributed by atoms with E-state index < -0.39 is 6.10 Å². The summed E-state index contributed by atoms with van der Waals surface area (Å²) in [5.74, 6) is 0.713. The minimum atomic E-state index is -0.652. The molecule has 1 aromatic carbocycles. The molecule has 1 amide bonds. The van der Waals surface area contributed by atoms with Gasteiger partial charge in [-0.1, -0.05) is 30.3 Å². The van der Waals surface area contributed by atoms with E-state index in [0.717, 1.165) is 31.5 Å². The van der Waals surface area contributed by atoms with Gasteiger partial charge in [-0.3, -0.25) is 4.79 Å². The van der Waals surface area contributed by atoms with E-state index in [1.165, 1.54) is 0 Å². The van der Waals surface area contributed by atoms with Crippen LogP contribution < -0.4 is 5.32 Å². The first-order valence-corrected chi connectivity index (χ1v) is 8.39. The number of nitrogens with one attached hydrogen (secondary N) is 1. The molecule has 0 saturated carbocycles. The number of benzene rings is 1. The summed E-state index contributed by atoms with van der Waals surface area (Å²) >= 11 is 0. The summed E-state index contributed by atoms with van der Waals surface area (Å²) in [5.41, 5.74) is 1.08. The smallest absolute Gasteiger partial charge is 0.222 e. The molecule has 2 atom stereocenters. The van der Waals surface area contributed by atoms with Crippen molar-refractivity contribution in [3.8, 4) is 0 Å². The molecule has 1 aliphatic rings. The zero-order chi connectivity index (χ0) is 16.5. The Labute approximate surface area is 138 Å². The highest BCUT2D eigenvalue weighted by Crippen LogP contribution is 2.15. The van der Waals surface area contributed by atoms with Crippen LogP contribution in [0.25, 0.3) is 0 Å². The Hall–Kier alpha value is -1.43. The third-order valence-corrected chi connectivity index (χ3v) is 4.26. The summed E-state index contributed by atoms with van der Waals surface area (Å²) in [4.78, 5) is 13.7. The van der Waals surface area contributed by atoms with Crippen LogP contribution in [-0.4, -0.2) is 55.3 Å². The number of carbonyl (C=O) groups is 1. The topological polar surface area (TPSA) is 61.8 Å². The fraction of sp³-hybridized carbons (Fsp3) is 0.611. The first-order valence-electron chi connectivity index (χ1n) is 8.39. The molecule has 128 valence electrons. The molecule has 0 aliphatic carbocycles. The molecule has 1 fully saturated rings. The fourth-order valence-corrected chi connectivity index (χ4v) is 2.84. The third-order valence-electron chi connectivity index (χ3n) is 4.26. The van der Waals surface area contributed by atoms with E-state index in [-0.39, 0.29) is 12.5 Å². The van der Waals surface area contributed by atoms with Crippen LogP contribution in [0, 0.1) is 5.92 Å². The van der Waals surface area contributed by atoms with Gasteiger partial charge in [0.05, 0.1) is 19.3 Å². The first kappa shape index (κ1) is 17.9. The van der Waals surface area contributed by atoms with Crippen molar-refractivity contribution >= 4 is 5.91 Å². The average Bonchev–Trinajstić information content (AvgIpc) is 3.07. The van der Waals surface area contributed by atoms with Crippen LogP contribution in [0.5, 0.6) is 0 Å². The van der Waals surface area contributed by atoms with Crippen molar-refractivity contribution in [2.45, 2.75) is 32.0 Å². The van der Waals surface area contributed by atoms with Crippen LogP contribution in [0.4, 0.5) is 0 Å². The lowest BCUT2D eigenvalue weighted by Gasteiger charge is -2.21. The second-order valence-corrected chi connectivity index (χ2v) is 6.33. The van der Waals surface area contributed by atoms with Gasteiger partial charge in [0.1, 0.15) is 0 Å². The molecule has 2 unspecified atom stereocenters. The summed E-state index contributed by atoms with van der Waals surface area (Å²) in [6, 6.07) is 9.85. The second-order valence-electron chi connectivity index (χ2n) is 6.33. The molecule has 1 heterocycles. The number of hydrogen-bond acceptors (Lipinski definition) is 4. The van der Waals surface area contributed by atoms with Crippen molar-refractivity contribution in [2.24, 2.45) is 5.92 Å². The van der Waals surface area contributed by atoms with Crippen molar-refractivity contribution < 1.29 is 14.6 Å². The quantitative estimate of drug-likeness (QED) is 0.722. The number of likely N-dealkylation sites (N-methyl/N-ethyl adjacent to an activating group) is 1. The number of nitrogens with zero attached hydrogens (tertiary/aromatic N) is 1. The Morgan fingerprint density at radius 1 is 1.43 bits per heavy atom. The van der Waals surface area contributed by atoms with Crippen LogP contribution in [0.2, 0.25) is 0 Å². The first-order chi connectivity index (χ1) is 11.1. The number of aliphatic hydroxyl groups is 1. The van der Waals surface area contributed by atoms with Crippen molar-refractivity contribution in [1.29, 1.82) is 0 Å². The summed E-state index contributed by atoms with van der Waals surface area (Å²) < 4.78 is 5.51. The van der Waals surface area contributed by atoms with E-state index in [4.69, 9.17) is 4.74 Å². The lowest BCUT2D eigenvalue weighted by atomic mass is 10.0. The number of hydrogen-bond donors (Lipinski definition) is 2. The average molecular weight is 320 g/mol. The van der Waals surface area contributed by atoms with Crippen LogP contribution in [-0.2, 0) is 16.1 Å². The van der Waals surface area contributed by atoms with Gasteiger partial charge < -0.3 is 20.1 Å². The summed E-state index contributed by atoms with van der Waals surface area (Å²) in [7, 11) is 1.75. The van der Waals surface area contributed by atoms with E-state index in [1.807, 2.05) is 30.3 Å². The van der Waals surface area contributed by atoms with E-state index in [0.29, 0.717) is 25.5 Å². The van der Waals surface area contributed by atoms with Crippen molar-refractivity contribution in [2.75, 3.05) is 33.3 Å². The van der Waals surface area contributed by atoms with Gasteiger partial charge in [0.15, 0.2) is 0 Å². The van der Waals surface area contributed by atoms with Gasteiger partial charge in [-0.05, 0) is 37.4 Å². The van der Waals surface area contributed by atoms with E-state index >= 15 is 0 Å². The molecule has 0 spiro atoms. The predicted octanol–water partition coefficient (Wildman–Crippen LogP) is 1.41. The number of rotatable bonds is 9. The van der Waals surface area contributed by atoms with Crippen LogP contribution in [0.15, 0.2) is 30.3 Å². The molecular formula is C18H28N2O3. The minimum absolute atomic E-state index is 0.0963. The van der Waals surface area contributed by atoms with E-state index in [2.05, 4.69) is 5.32 Å². The highest BCUT2D eigenvalue weighted by atomic mass is 16.5. The van der Waals surface area contributed by atoms with Gasteiger partial charge in [0.2, 0.25) is 5.91 Å². The van der Waals surface area contributed by atoms with Gasteiger partial charge in [-0.15, -0.1) is 0 Å². The van der Waals surface area contributed by atoms with E-state index in [9.17, 15) is 9.90 Å². The van der Waals surface area contributed by atoms with Crippen molar-refractivity contribution in [1.82, 2.24) is 10.2 Å². The summed E-state index contributed by atoms with van der Waals surface area (Å²) in [6.45, 7) is 3.11. The maximum Gasteiger partial charge on any atom is 0.222 e. The highest BCUT2D eigenvalue weighted by molar-refractivity contribution is 5.75. The maximum atomic E-state index is 12.1. The Kier molecular flexibility index (Phi) is 7.52. The highest BCUT2D eigenvalue weighted by Gasteiger charge is 2.18. The molecule has 0 radical (unpaired) electrons.